The Morgan fingerprint density at radius 1 is 1.33 bits per heavy atom. The highest BCUT2D eigenvalue weighted by Crippen LogP contribution is 2.21. The maximum Gasteiger partial charge on any atom is 0.115 e. The van der Waals surface area contributed by atoms with Crippen molar-refractivity contribution in [2.75, 3.05) is 7.11 Å². The highest BCUT2D eigenvalue weighted by atomic mass is 16.5. The van der Waals surface area contributed by atoms with Gasteiger partial charge in [0.2, 0.25) is 0 Å². The largest absolute Gasteiger partial charge is 0.508 e. The standard InChI is InChI=1S/C15H25NO2/c1-11(10-15(3,4)18-5)16-12(2)13-7-6-8-14(17)9-13/h6-9,11-12,16-17H,10H2,1-5H3. The molecule has 0 bridgehead atoms. The van der Waals surface area contributed by atoms with E-state index >= 15 is 0 Å². The second kappa shape index (κ2) is 6.21. The van der Waals surface area contributed by atoms with E-state index in [-0.39, 0.29) is 11.6 Å². The van der Waals surface area contributed by atoms with Crippen LogP contribution in [0.2, 0.25) is 0 Å². The number of nitrogens with one attached hydrogen (secondary N) is 1. The van der Waals surface area contributed by atoms with Crippen LogP contribution in [-0.2, 0) is 4.74 Å². The summed E-state index contributed by atoms with van der Waals surface area (Å²) in [6.45, 7) is 8.43. The fourth-order valence-electron chi connectivity index (χ4n) is 2.20. The van der Waals surface area contributed by atoms with Crippen LogP contribution in [0.25, 0.3) is 0 Å². The lowest BCUT2D eigenvalue weighted by Crippen LogP contribution is -2.36. The Morgan fingerprint density at radius 2 is 2.00 bits per heavy atom. The molecule has 2 unspecified atom stereocenters. The molecule has 1 rings (SSSR count). The quantitative estimate of drug-likeness (QED) is 0.815. The molecule has 2 N–H and O–H groups in total. The molecule has 0 aliphatic rings. The Labute approximate surface area is 110 Å². The van der Waals surface area contributed by atoms with Crippen LogP contribution in [0.1, 0.15) is 45.7 Å². The van der Waals surface area contributed by atoms with Gasteiger partial charge in [-0.05, 0) is 51.8 Å². The van der Waals surface area contributed by atoms with Gasteiger partial charge in [0.05, 0.1) is 5.60 Å². The van der Waals surface area contributed by atoms with E-state index in [1.54, 1.807) is 19.2 Å². The van der Waals surface area contributed by atoms with Gasteiger partial charge < -0.3 is 15.2 Å². The number of phenolic OH excluding ortho intramolecular Hbond substituents is 1. The summed E-state index contributed by atoms with van der Waals surface area (Å²) < 4.78 is 5.43. The van der Waals surface area contributed by atoms with Gasteiger partial charge in [-0.25, -0.2) is 0 Å². The summed E-state index contributed by atoms with van der Waals surface area (Å²) in [6, 6.07) is 7.93. The number of benzene rings is 1. The first kappa shape index (κ1) is 15.0. The zero-order valence-electron chi connectivity index (χ0n) is 12.0. The number of phenols is 1. The van der Waals surface area contributed by atoms with Gasteiger partial charge >= 0.3 is 0 Å². The molecular weight excluding hydrogens is 226 g/mol. The molecule has 0 heterocycles. The predicted octanol–water partition coefficient (Wildman–Crippen LogP) is 3.25. The highest BCUT2D eigenvalue weighted by molar-refractivity contribution is 5.29. The Hall–Kier alpha value is -1.06. The molecule has 0 saturated carbocycles. The van der Waals surface area contributed by atoms with Crippen LogP contribution in [0.3, 0.4) is 0 Å². The lowest BCUT2D eigenvalue weighted by Gasteiger charge is -2.29. The van der Waals surface area contributed by atoms with Gasteiger partial charge in [-0.3, -0.25) is 0 Å². The lowest BCUT2D eigenvalue weighted by atomic mass is 9.98. The summed E-state index contributed by atoms with van der Waals surface area (Å²) in [7, 11) is 1.74. The van der Waals surface area contributed by atoms with Gasteiger partial charge in [0.25, 0.3) is 0 Å². The van der Waals surface area contributed by atoms with Crippen LogP contribution >= 0.6 is 0 Å². The SMILES string of the molecule is COC(C)(C)CC(C)NC(C)c1cccc(O)c1. The molecule has 1 aromatic carbocycles. The van der Waals surface area contributed by atoms with E-state index in [1.165, 1.54) is 0 Å². The lowest BCUT2D eigenvalue weighted by molar-refractivity contribution is 0.00782. The van der Waals surface area contributed by atoms with Gasteiger partial charge in [0.15, 0.2) is 0 Å². The van der Waals surface area contributed by atoms with Crippen molar-refractivity contribution in [1.82, 2.24) is 5.32 Å². The minimum atomic E-state index is -0.120. The maximum atomic E-state index is 9.47. The number of hydrogen-bond acceptors (Lipinski definition) is 3. The zero-order chi connectivity index (χ0) is 13.8. The van der Waals surface area contributed by atoms with Crippen LogP contribution in [0.4, 0.5) is 0 Å². The van der Waals surface area contributed by atoms with E-state index in [0.717, 1.165) is 12.0 Å². The fraction of sp³-hybridized carbons (Fsp3) is 0.600. The maximum absolute atomic E-state index is 9.47. The van der Waals surface area contributed by atoms with Gasteiger partial charge in [-0.15, -0.1) is 0 Å². The summed E-state index contributed by atoms with van der Waals surface area (Å²) in [5.41, 5.74) is 0.974. The average Bonchev–Trinajstić information content (AvgIpc) is 2.28. The summed E-state index contributed by atoms with van der Waals surface area (Å²) in [4.78, 5) is 0. The van der Waals surface area contributed by atoms with E-state index in [0.29, 0.717) is 11.8 Å². The summed E-state index contributed by atoms with van der Waals surface area (Å²) in [5, 5.41) is 13.0. The van der Waals surface area contributed by atoms with Gasteiger partial charge in [-0.2, -0.15) is 0 Å². The molecule has 1 aromatic rings. The Kier molecular flexibility index (Phi) is 5.17. The first-order valence-corrected chi connectivity index (χ1v) is 6.44. The van der Waals surface area contributed by atoms with E-state index < -0.39 is 0 Å². The van der Waals surface area contributed by atoms with Crippen LogP contribution in [0.15, 0.2) is 24.3 Å². The third-order valence-corrected chi connectivity index (χ3v) is 3.26. The molecule has 102 valence electrons. The Morgan fingerprint density at radius 3 is 2.56 bits per heavy atom. The summed E-state index contributed by atoms with van der Waals surface area (Å²) >= 11 is 0. The number of methoxy groups -OCH3 is 1. The summed E-state index contributed by atoms with van der Waals surface area (Å²) in [5.74, 6) is 0.311. The molecule has 0 aliphatic heterocycles. The van der Waals surface area contributed by atoms with E-state index in [9.17, 15) is 5.11 Å². The van der Waals surface area contributed by atoms with Gasteiger partial charge in [0.1, 0.15) is 5.75 Å². The molecule has 0 fully saturated rings. The van der Waals surface area contributed by atoms with Crippen LogP contribution in [-0.4, -0.2) is 23.9 Å². The molecule has 2 atom stereocenters. The monoisotopic (exact) mass is 251 g/mol. The smallest absolute Gasteiger partial charge is 0.115 e. The molecule has 18 heavy (non-hydrogen) atoms. The molecule has 0 radical (unpaired) electrons. The molecule has 3 nitrogen and oxygen atoms in total. The van der Waals surface area contributed by atoms with Crippen molar-refractivity contribution < 1.29 is 9.84 Å². The number of aromatic hydroxyl groups is 1. The van der Waals surface area contributed by atoms with E-state index in [2.05, 4.69) is 33.0 Å². The molecule has 0 aliphatic carbocycles. The topological polar surface area (TPSA) is 41.5 Å². The van der Waals surface area contributed by atoms with Crippen LogP contribution < -0.4 is 5.32 Å². The minimum absolute atomic E-state index is 0.120. The van der Waals surface area contributed by atoms with Crippen molar-refractivity contribution in [2.45, 2.75) is 51.8 Å². The number of hydrogen-bond donors (Lipinski definition) is 2. The molecule has 0 amide bonds. The zero-order valence-corrected chi connectivity index (χ0v) is 12.0. The average molecular weight is 251 g/mol. The summed E-state index contributed by atoms with van der Waals surface area (Å²) in [6.07, 6.45) is 0.937. The third-order valence-electron chi connectivity index (χ3n) is 3.26. The predicted molar refractivity (Wildman–Crippen MR) is 74.8 cm³/mol. The molecular formula is C15H25NO2. The fourth-order valence-corrected chi connectivity index (χ4v) is 2.20. The van der Waals surface area contributed by atoms with Crippen molar-refractivity contribution >= 4 is 0 Å². The Balaban J connectivity index is 2.57. The molecule has 0 spiro atoms. The van der Waals surface area contributed by atoms with Gasteiger partial charge in [0, 0.05) is 19.2 Å². The normalized spacial score (nSPS) is 15.4. The molecule has 0 saturated heterocycles. The number of rotatable bonds is 6. The third kappa shape index (κ3) is 4.67. The van der Waals surface area contributed by atoms with Crippen molar-refractivity contribution in [1.29, 1.82) is 0 Å². The van der Waals surface area contributed by atoms with Crippen molar-refractivity contribution in [3.63, 3.8) is 0 Å². The second-order valence-electron chi connectivity index (χ2n) is 5.55. The van der Waals surface area contributed by atoms with E-state index in [4.69, 9.17) is 4.74 Å². The van der Waals surface area contributed by atoms with Crippen LogP contribution in [0.5, 0.6) is 5.75 Å². The highest BCUT2D eigenvalue weighted by Gasteiger charge is 2.21. The number of ether oxygens (including phenoxy) is 1. The Bertz CT molecular complexity index is 377. The van der Waals surface area contributed by atoms with Gasteiger partial charge in [-0.1, -0.05) is 12.1 Å². The van der Waals surface area contributed by atoms with Crippen molar-refractivity contribution in [3.05, 3.63) is 29.8 Å². The first-order chi connectivity index (χ1) is 8.34. The van der Waals surface area contributed by atoms with E-state index in [1.807, 2.05) is 12.1 Å². The van der Waals surface area contributed by atoms with Crippen LogP contribution in [0, 0.1) is 0 Å². The van der Waals surface area contributed by atoms with Crippen molar-refractivity contribution in [3.8, 4) is 5.75 Å². The molecule has 3 heteroatoms. The first-order valence-electron chi connectivity index (χ1n) is 6.44. The van der Waals surface area contributed by atoms with Crippen molar-refractivity contribution in [2.24, 2.45) is 0 Å². The minimum Gasteiger partial charge on any atom is -0.508 e. The second-order valence-corrected chi connectivity index (χ2v) is 5.55. The molecule has 0 aromatic heterocycles.